The van der Waals surface area contributed by atoms with Gasteiger partial charge >= 0.3 is 0 Å². The molecule has 1 aromatic carbocycles. The number of hydrogen-bond donors (Lipinski definition) is 2. The number of rotatable bonds is 7. The van der Waals surface area contributed by atoms with Crippen LogP contribution in [0.15, 0.2) is 48.8 Å². The Balaban J connectivity index is 1.68. The number of aromatic nitrogens is 1. The van der Waals surface area contributed by atoms with E-state index in [1.807, 2.05) is 43.3 Å². The van der Waals surface area contributed by atoms with Crippen molar-refractivity contribution >= 4 is 0 Å². The summed E-state index contributed by atoms with van der Waals surface area (Å²) in [6.45, 7) is 3.48. The second-order valence-corrected chi connectivity index (χ2v) is 4.72. The molecule has 0 spiro atoms. The monoisotopic (exact) mass is 272 g/mol. The predicted molar refractivity (Wildman–Crippen MR) is 78.6 cm³/mol. The van der Waals surface area contributed by atoms with E-state index in [1.54, 1.807) is 12.4 Å². The highest BCUT2D eigenvalue weighted by Gasteiger charge is 2.06. The summed E-state index contributed by atoms with van der Waals surface area (Å²) in [7, 11) is 0. The van der Waals surface area contributed by atoms with Crippen LogP contribution in [0.4, 0.5) is 0 Å². The number of nitrogens with one attached hydrogen (secondary N) is 1. The van der Waals surface area contributed by atoms with Gasteiger partial charge in [-0.3, -0.25) is 4.98 Å². The maximum Gasteiger partial charge on any atom is 0.122 e. The fraction of sp³-hybridized carbons (Fsp3) is 0.312. The molecule has 2 aromatic rings. The number of aliphatic hydroxyl groups excluding tert-OH is 1. The van der Waals surface area contributed by atoms with Gasteiger partial charge < -0.3 is 15.2 Å². The zero-order valence-electron chi connectivity index (χ0n) is 11.6. The number of aliphatic hydroxyl groups is 1. The molecule has 0 bridgehead atoms. The van der Waals surface area contributed by atoms with Gasteiger partial charge in [0.15, 0.2) is 0 Å². The number of aryl methyl sites for hydroxylation is 1. The maximum atomic E-state index is 9.88. The van der Waals surface area contributed by atoms with Crippen molar-refractivity contribution < 1.29 is 9.84 Å². The van der Waals surface area contributed by atoms with Gasteiger partial charge in [0.1, 0.15) is 18.5 Å². The standard InChI is InChI=1S/C16H20N2O2/c1-13-4-2-3-5-16(13)20-12-15(19)11-18-10-14-6-8-17-9-7-14/h2-9,15,18-19H,10-12H2,1H3. The Bertz CT molecular complexity index is 517. The van der Waals surface area contributed by atoms with Crippen molar-refractivity contribution in [1.82, 2.24) is 10.3 Å². The highest BCUT2D eigenvalue weighted by molar-refractivity contribution is 5.31. The van der Waals surface area contributed by atoms with Gasteiger partial charge in [0, 0.05) is 25.5 Å². The van der Waals surface area contributed by atoms with Crippen LogP contribution in [-0.4, -0.2) is 29.3 Å². The Kier molecular flexibility index (Phi) is 5.53. The van der Waals surface area contributed by atoms with E-state index in [2.05, 4.69) is 10.3 Å². The van der Waals surface area contributed by atoms with Crippen LogP contribution in [0.25, 0.3) is 0 Å². The minimum atomic E-state index is -0.531. The molecule has 0 saturated heterocycles. The third kappa shape index (κ3) is 4.64. The fourth-order valence-electron chi connectivity index (χ4n) is 1.85. The normalized spacial score (nSPS) is 12.1. The van der Waals surface area contributed by atoms with Crippen molar-refractivity contribution in [3.8, 4) is 5.75 Å². The highest BCUT2D eigenvalue weighted by Crippen LogP contribution is 2.16. The fourth-order valence-corrected chi connectivity index (χ4v) is 1.85. The van der Waals surface area contributed by atoms with Gasteiger partial charge in [0.2, 0.25) is 0 Å². The second kappa shape index (κ2) is 7.62. The van der Waals surface area contributed by atoms with Gasteiger partial charge in [-0.15, -0.1) is 0 Å². The SMILES string of the molecule is Cc1ccccc1OCC(O)CNCc1ccncc1. The van der Waals surface area contributed by atoms with Crippen molar-refractivity contribution in [2.75, 3.05) is 13.2 Å². The third-order valence-corrected chi connectivity index (χ3v) is 2.98. The average molecular weight is 272 g/mol. The van der Waals surface area contributed by atoms with E-state index in [1.165, 1.54) is 0 Å². The van der Waals surface area contributed by atoms with E-state index in [4.69, 9.17) is 4.74 Å². The lowest BCUT2D eigenvalue weighted by atomic mass is 10.2. The number of benzene rings is 1. The molecule has 4 heteroatoms. The minimum absolute atomic E-state index is 0.286. The van der Waals surface area contributed by atoms with E-state index in [9.17, 15) is 5.11 Å². The largest absolute Gasteiger partial charge is 0.491 e. The first-order valence-corrected chi connectivity index (χ1v) is 6.72. The van der Waals surface area contributed by atoms with Crippen LogP contribution in [0, 0.1) is 6.92 Å². The van der Waals surface area contributed by atoms with Crippen molar-refractivity contribution in [3.63, 3.8) is 0 Å². The summed E-state index contributed by atoms with van der Waals surface area (Å²) in [6.07, 6.45) is 2.99. The summed E-state index contributed by atoms with van der Waals surface area (Å²) in [6, 6.07) is 11.7. The molecule has 0 saturated carbocycles. The van der Waals surface area contributed by atoms with Gasteiger partial charge in [-0.25, -0.2) is 0 Å². The molecule has 1 aromatic heterocycles. The van der Waals surface area contributed by atoms with E-state index < -0.39 is 6.10 Å². The molecule has 0 aliphatic carbocycles. The van der Waals surface area contributed by atoms with Crippen LogP contribution in [0.1, 0.15) is 11.1 Å². The molecule has 1 atom stereocenters. The Morgan fingerprint density at radius 3 is 2.70 bits per heavy atom. The first-order chi connectivity index (χ1) is 9.75. The van der Waals surface area contributed by atoms with Crippen LogP contribution in [-0.2, 0) is 6.54 Å². The maximum absolute atomic E-state index is 9.88. The summed E-state index contributed by atoms with van der Waals surface area (Å²) in [5, 5.41) is 13.1. The van der Waals surface area contributed by atoms with Crippen LogP contribution < -0.4 is 10.1 Å². The van der Waals surface area contributed by atoms with Crippen LogP contribution in [0.2, 0.25) is 0 Å². The van der Waals surface area contributed by atoms with Crippen molar-refractivity contribution in [2.24, 2.45) is 0 Å². The molecule has 0 aliphatic heterocycles. The number of ether oxygens (including phenoxy) is 1. The van der Waals surface area contributed by atoms with Crippen LogP contribution >= 0.6 is 0 Å². The summed E-state index contributed by atoms with van der Waals surface area (Å²) < 4.78 is 5.60. The van der Waals surface area contributed by atoms with Gasteiger partial charge in [-0.2, -0.15) is 0 Å². The van der Waals surface area contributed by atoms with E-state index in [-0.39, 0.29) is 6.61 Å². The topological polar surface area (TPSA) is 54.4 Å². The molecule has 0 fully saturated rings. The van der Waals surface area contributed by atoms with Crippen LogP contribution in [0.5, 0.6) is 5.75 Å². The van der Waals surface area contributed by atoms with E-state index in [0.717, 1.165) is 16.9 Å². The van der Waals surface area contributed by atoms with Gasteiger partial charge in [0.25, 0.3) is 0 Å². The first-order valence-electron chi connectivity index (χ1n) is 6.72. The Hall–Kier alpha value is -1.91. The van der Waals surface area contributed by atoms with Crippen molar-refractivity contribution in [2.45, 2.75) is 19.6 Å². The molecule has 0 radical (unpaired) electrons. The lowest BCUT2D eigenvalue weighted by Crippen LogP contribution is -2.31. The predicted octanol–water partition coefficient (Wildman–Crippen LogP) is 1.92. The Morgan fingerprint density at radius 1 is 1.20 bits per heavy atom. The molecule has 106 valence electrons. The smallest absolute Gasteiger partial charge is 0.122 e. The quantitative estimate of drug-likeness (QED) is 0.808. The molecular weight excluding hydrogens is 252 g/mol. The Labute approximate surface area is 119 Å². The summed E-state index contributed by atoms with van der Waals surface area (Å²) >= 11 is 0. The number of pyridine rings is 1. The van der Waals surface area contributed by atoms with Gasteiger partial charge in [-0.1, -0.05) is 18.2 Å². The molecule has 0 aliphatic rings. The second-order valence-electron chi connectivity index (χ2n) is 4.72. The van der Waals surface area contributed by atoms with E-state index in [0.29, 0.717) is 13.1 Å². The van der Waals surface area contributed by atoms with Gasteiger partial charge in [0.05, 0.1) is 0 Å². The number of para-hydroxylation sites is 1. The molecule has 2 N–H and O–H groups in total. The van der Waals surface area contributed by atoms with Gasteiger partial charge in [-0.05, 0) is 36.2 Å². The average Bonchev–Trinajstić information content (AvgIpc) is 2.47. The van der Waals surface area contributed by atoms with E-state index >= 15 is 0 Å². The lowest BCUT2D eigenvalue weighted by molar-refractivity contribution is 0.106. The Morgan fingerprint density at radius 2 is 1.95 bits per heavy atom. The summed E-state index contributed by atoms with van der Waals surface area (Å²) in [4.78, 5) is 3.96. The zero-order valence-corrected chi connectivity index (χ0v) is 11.6. The zero-order chi connectivity index (χ0) is 14.2. The van der Waals surface area contributed by atoms with Crippen molar-refractivity contribution in [1.29, 1.82) is 0 Å². The first kappa shape index (κ1) is 14.5. The molecule has 0 amide bonds. The third-order valence-electron chi connectivity index (χ3n) is 2.98. The molecule has 4 nitrogen and oxygen atoms in total. The number of hydrogen-bond acceptors (Lipinski definition) is 4. The summed E-state index contributed by atoms with van der Waals surface area (Å²) in [5.41, 5.74) is 2.22. The number of nitrogens with zero attached hydrogens (tertiary/aromatic N) is 1. The summed E-state index contributed by atoms with van der Waals surface area (Å²) in [5.74, 6) is 0.820. The molecule has 2 rings (SSSR count). The molecule has 1 heterocycles. The molecule has 20 heavy (non-hydrogen) atoms. The molecular formula is C16H20N2O2. The van der Waals surface area contributed by atoms with Crippen LogP contribution in [0.3, 0.4) is 0 Å². The molecule has 1 unspecified atom stereocenters. The lowest BCUT2D eigenvalue weighted by Gasteiger charge is -2.14. The minimum Gasteiger partial charge on any atom is -0.491 e. The van der Waals surface area contributed by atoms with Crippen molar-refractivity contribution in [3.05, 3.63) is 59.9 Å². The highest BCUT2D eigenvalue weighted by atomic mass is 16.5.